The minimum Gasteiger partial charge on any atom is -0.198 e. The topological polar surface area (TPSA) is 23.8 Å². The summed E-state index contributed by atoms with van der Waals surface area (Å²) in [5, 5.41) is 9.01. The second-order valence-electron chi connectivity index (χ2n) is 6.26. The minimum absolute atomic E-state index is 0.139. The van der Waals surface area contributed by atoms with Gasteiger partial charge < -0.3 is 0 Å². The van der Waals surface area contributed by atoms with Crippen LogP contribution < -0.4 is 0 Å². The Labute approximate surface area is 110 Å². The first-order chi connectivity index (χ1) is 8.74. The van der Waals surface area contributed by atoms with E-state index in [1.54, 1.807) is 0 Å². The van der Waals surface area contributed by atoms with E-state index >= 15 is 0 Å². The van der Waals surface area contributed by atoms with E-state index in [1.165, 1.54) is 43.2 Å². The molecule has 2 unspecified atom stereocenters. The fraction of sp³-hybridized carbons (Fsp3) is 0.588. The van der Waals surface area contributed by atoms with Crippen LogP contribution in [0.4, 0.5) is 0 Å². The Morgan fingerprint density at radius 3 is 2.33 bits per heavy atom. The van der Waals surface area contributed by atoms with E-state index in [0.29, 0.717) is 0 Å². The lowest BCUT2D eigenvalue weighted by Crippen LogP contribution is -2.07. The molecule has 0 aromatic heterocycles. The second kappa shape index (κ2) is 4.43. The fourth-order valence-corrected chi connectivity index (χ4v) is 3.44. The Morgan fingerprint density at radius 1 is 1.11 bits per heavy atom. The first-order valence-electron chi connectivity index (χ1n) is 7.24. The van der Waals surface area contributed by atoms with Crippen LogP contribution in [0.25, 0.3) is 0 Å². The maximum Gasteiger partial charge on any atom is 0.0665 e. The van der Waals surface area contributed by atoms with Crippen LogP contribution in [0.15, 0.2) is 24.3 Å². The monoisotopic (exact) mass is 239 g/mol. The van der Waals surface area contributed by atoms with Crippen molar-refractivity contribution in [1.82, 2.24) is 0 Å². The standard InChI is InChI=1S/C17H21N/c1-17(11-16(17)12-18)15-9-7-14(8-10-15)13-5-3-2-4-6-13/h7-10,13,16H,2-6,11H2,1H3. The summed E-state index contributed by atoms with van der Waals surface area (Å²) in [4.78, 5) is 0. The van der Waals surface area contributed by atoms with Crippen molar-refractivity contribution in [2.75, 3.05) is 0 Å². The molecule has 2 atom stereocenters. The third-order valence-electron chi connectivity index (χ3n) is 5.04. The first-order valence-corrected chi connectivity index (χ1v) is 7.24. The molecule has 0 spiro atoms. The second-order valence-corrected chi connectivity index (χ2v) is 6.26. The van der Waals surface area contributed by atoms with E-state index in [9.17, 15) is 0 Å². The molecular formula is C17H21N. The van der Waals surface area contributed by atoms with Crippen molar-refractivity contribution in [3.8, 4) is 6.07 Å². The van der Waals surface area contributed by atoms with Gasteiger partial charge in [0.1, 0.15) is 0 Å². The summed E-state index contributed by atoms with van der Waals surface area (Å²) < 4.78 is 0. The average Bonchev–Trinajstić information content (AvgIpc) is 3.13. The molecule has 18 heavy (non-hydrogen) atoms. The summed E-state index contributed by atoms with van der Waals surface area (Å²) in [6, 6.07) is 11.6. The maximum atomic E-state index is 9.01. The number of rotatable bonds is 2. The smallest absolute Gasteiger partial charge is 0.0665 e. The molecular weight excluding hydrogens is 218 g/mol. The van der Waals surface area contributed by atoms with Crippen molar-refractivity contribution in [2.45, 2.75) is 56.8 Å². The van der Waals surface area contributed by atoms with Gasteiger partial charge in [0.2, 0.25) is 0 Å². The van der Waals surface area contributed by atoms with Gasteiger partial charge in [0, 0.05) is 5.41 Å². The molecule has 0 bridgehead atoms. The van der Waals surface area contributed by atoms with Crippen LogP contribution >= 0.6 is 0 Å². The third kappa shape index (κ3) is 1.94. The third-order valence-corrected chi connectivity index (χ3v) is 5.04. The number of hydrogen-bond donors (Lipinski definition) is 0. The molecule has 0 heterocycles. The van der Waals surface area contributed by atoms with Crippen LogP contribution in [0.1, 0.15) is 62.5 Å². The largest absolute Gasteiger partial charge is 0.198 e. The van der Waals surface area contributed by atoms with Gasteiger partial charge in [0.05, 0.1) is 12.0 Å². The first kappa shape index (κ1) is 11.8. The van der Waals surface area contributed by atoms with E-state index in [1.807, 2.05) is 0 Å². The van der Waals surface area contributed by atoms with Crippen LogP contribution in [-0.2, 0) is 5.41 Å². The van der Waals surface area contributed by atoms with Gasteiger partial charge in [-0.1, -0.05) is 50.5 Å². The summed E-state index contributed by atoms with van der Waals surface area (Å²) in [6.07, 6.45) is 7.94. The zero-order chi connectivity index (χ0) is 12.6. The summed E-state index contributed by atoms with van der Waals surface area (Å²) in [6.45, 7) is 2.22. The molecule has 2 saturated carbocycles. The van der Waals surface area contributed by atoms with Crippen molar-refractivity contribution in [3.63, 3.8) is 0 Å². The van der Waals surface area contributed by atoms with Crippen molar-refractivity contribution < 1.29 is 0 Å². The summed E-state index contributed by atoms with van der Waals surface area (Å²) in [5.41, 5.74) is 3.00. The van der Waals surface area contributed by atoms with Gasteiger partial charge in [-0.3, -0.25) is 0 Å². The van der Waals surface area contributed by atoms with E-state index in [0.717, 1.165) is 12.3 Å². The Hall–Kier alpha value is -1.29. The molecule has 94 valence electrons. The summed E-state index contributed by atoms with van der Waals surface area (Å²) >= 11 is 0. The lowest BCUT2D eigenvalue weighted by atomic mass is 9.83. The van der Waals surface area contributed by atoms with Crippen molar-refractivity contribution in [2.24, 2.45) is 5.92 Å². The molecule has 0 radical (unpaired) electrons. The van der Waals surface area contributed by atoms with Gasteiger partial charge in [-0.2, -0.15) is 5.26 Å². The van der Waals surface area contributed by atoms with E-state index < -0.39 is 0 Å². The molecule has 0 aliphatic heterocycles. The zero-order valence-electron chi connectivity index (χ0n) is 11.2. The molecule has 0 saturated heterocycles. The molecule has 0 N–H and O–H groups in total. The normalized spacial score (nSPS) is 31.9. The van der Waals surface area contributed by atoms with Crippen LogP contribution in [0.2, 0.25) is 0 Å². The van der Waals surface area contributed by atoms with Crippen LogP contribution in [-0.4, -0.2) is 0 Å². The SMILES string of the molecule is CC1(c2ccc(C3CCCCC3)cc2)CC1C#N. The van der Waals surface area contributed by atoms with Gasteiger partial charge in [-0.15, -0.1) is 0 Å². The molecule has 2 fully saturated rings. The van der Waals surface area contributed by atoms with Crippen LogP contribution in [0.5, 0.6) is 0 Å². The van der Waals surface area contributed by atoms with E-state index in [4.69, 9.17) is 5.26 Å². The predicted molar refractivity (Wildman–Crippen MR) is 73.3 cm³/mol. The maximum absolute atomic E-state index is 9.01. The molecule has 1 aromatic carbocycles. The van der Waals surface area contributed by atoms with Gasteiger partial charge >= 0.3 is 0 Å². The number of hydrogen-bond acceptors (Lipinski definition) is 1. The highest BCUT2D eigenvalue weighted by Gasteiger charge is 2.51. The summed E-state index contributed by atoms with van der Waals surface area (Å²) in [5.74, 6) is 1.02. The van der Waals surface area contributed by atoms with Crippen LogP contribution in [0.3, 0.4) is 0 Å². The van der Waals surface area contributed by atoms with E-state index in [2.05, 4.69) is 37.3 Å². The van der Waals surface area contributed by atoms with Gasteiger partial charge in [-0.25, -0.2) is 0 Å². The fourth-order valence-electron chi connectivity index (χ4n) is 3.44. The molecule has 2 aliphatic carbocycles. The molecule has 2 aliphatic rings. The highest BCUT2D eigenvalue weighted by molar-refractivity contribution is 5.38. The Kier molecular flexibility index (Phi) is 2.90. The highest BCUT2D eigenvalue weighted by atomic mass is 14.5. The molecule has 3 rings (SSSR count). The molecule has 0 amide bonds. The molecule has 1 heteroatoms. The van der Waals surface area contributed by atoms with Gasteiger partial charge in [0.25, 0.3) is 0 Å². The minimum atomic E-state index is 0.139. The molecule has 1 aromatic rings. The quantitative estimate of drug-likeness (QED) is 0.743. The van der Waals surface area contributed by atoms with E-state index in [-0.39, 0.29) is 11.3 Å². The summed E-state index contributed by atoms with van der Waals surface area (Å²) in [7, 11) is 0. The zero-order valence-corrected chi connectivity index (χ0v) is 11.2. The Morgan fingerprint density at radius 2 is 1.78 bits per heavy atom. The van der Waals surface area contributed by atoms with Gasteiger partial charge in [-0.05, 0) is 36.3 Å². The lowest BCUT2D eigenvalue weighted by Gasteiger charge is -2.22. The number of benzene rings is 1. The van der Waals surface area contributed by atoms with Crippen LogP contribution in [0, 0.1) is 17.2 Å². The van der Waals surface area contributed by atoms with Crippen molar-refractivity contribution in [1.29, 1.82) is 5.26 Å². The highest BCUT2D eigenvalue weighted by Crippen LogP contribution is 2.53. The Bertz CT molecular complexity index is 461. The Balaban J connectivity index is 1.76. The number of nitriles is 1. The predicted octanol–water partition coefficient (Wildman–Crippen LogP) is 4.54. The van der Waals surface area contributed by atoms with Crippen molar-refractivity contribution in [3.05, 3.63) is 35.4 Å². The average molecular weight is 239 g/mol. The lowest BCUT2D eigenvalue weighted by molar-refractivity contribution is 0.443. The number of nitrogens with zero attached hydrogens (tertiary/aromatic N) is 1. The van der Waals surface area contributed by atoms with Crippen molar-refractivity contribution >= 4 is 0 Å². The molecule has 1 nitrogen and oxygen atoms in total. The van der Waals surface area contributed by atoms with Gasteiger partial charge in [0.15, 0.2) is 0 Å².